The molecule has 0 spiro atoms. The number of carbonyl (C=O) groups excluding carboxylic acids is 4. The molecule has 4 amide bonds. The Kier molecular flexibility index (Phi) is 5.09. The van der Waals surface area contributed by atoms with Gasteiger partial charge in [-0.3, -0.25) is 24.1 Å². The lowest BCUT2D eigenvalue weighted by molar-refractivity contribution is -0.117. The molecule has 3 heterocycles. The van der Waals surface area contributed by atoms with Gasteiger partial charge in [-0.2, -0.15) is 0 Å². The number of carbonyl (C=O) groups is 4. The van der Waals surface area contributed by atoms with Crippen LogP contribution in [-0.2, 0) is 9.59 Å². The van der Waals surface area contributed by atoms with E-state index in [1.54, 1.807) is 34.9 Å². The van der Waals surface area contributed by atoms with Gasteiger partial charge in [-0.15, -0.1) is 11.3 Å². The third kappa shape index (κ3) is 3.29. The highest BCUT2D eigenvalue weighted by Gasteiger charge is 2.52. The predicted molar refractivity (Wildman–Crippen MR) is 118 cm³/mol. The number of nitrogens with zero attached hydrogens (tertiary/aromatic N) is 2. The molecule has 2 aliphatic heterocycles. The molecule has 0 radical (unpaired) electrons. The molecule has 0 bridgehead atoms. The van der Waals surface area contributed by atoms with Gasteiger partial charge in [0.25, 0.3) is 11.8 Å². The van der Waals surface area contributed by atoms with Crippen molar-refractivity contribution < 1.29 is 19.2 Å². The molecular weight excluding hydrogens is 416 g/mol. The third-order valence-corrected chi connectivity index (χ3v) is 7.32. The SMILES string of the molecule is Cc1sc(NC(=O)CCN2C(=O)c3ccccc3N3C(=O)CCC23C)c(C(N)=O)c1C. The number of primary amides is 1. The van der Waals surface area contributed by atoms with E-state index in [0.29, 0.717) is 34.7 Å². The first-order valence-corrected chi connectivity index (χ1v) is 10.9. The molecule has 1 aromatic carbocycles. The third-order valence-electron chi connectivity index (χ3n) is 6.19. The van der Waals surface area contributed by atoms with Gasteiger partial charge in [0.15, 0.2) is 0 Å². The highest BCUT2D eigenvalue weighted by molar-refractivity contribution is 7.16. The van der Waals surface area contributed by atoms with Gasteiger partial charge in [0, 0.05) is 24.3 Å². The van der Waals surface area contributed by atoms with Crippen LogP contribution in [-0.4, -0.2) is 40.7 Å². The summed E-state index contributed by atoms with van der Waals surface area (Å²) in [6, 6.07) is 7.05. The molecule has 0 saturated carbocycles. The Balaban J connectivity index is 1.56. The predicted octanol–water partition coefficient (Wildman–Crippen LogP) is 2.79. The molecule has 1 saturated heterocycles. The van der Waals surface area contributed by atoms with Crippen molar-refractivity contribution in [1.82, 2.24) is 4.90 Å². The summed E-state index contributed by atoms with van der Waals surface area (Å²) < 4.78 is 0. The van der Waals surface area contributed by atoms with Crippen molar-refractivity contribution in [3.63, 3.8) is 0 Å². The molecule has 3 N–H and O–H groups in total. The maximum absolute atomic E-state index is 13.2. The van der Waals surface area contributed by atoms with Gasteiger partial charge < -0.3 is 16.0 Å². The van der Waals surface area contributed by atoms with Crippen molar-refractivity contribution >= 4 is 45.7 Å². The largest absolute Gasteiger partial charge is 0.365 e. The lowest BCUT2D eigenvalue weighted by Gasteiger charge is -2.48. The number of benzene rings is 1. The molecule has 2 aliphatic rings. The van der Waals surface area contributed by atoms with Crippen LogP contribution in [0.25, 0.3) is 0 Å². The average Bonchev–Trinajstić information content (AvgIpc) is 3.17. The second kappa shape index (κ2) is 7.49. The summed E-state index contributed by atoms with van der Waals surface area (Å²) in [5.41, 5.74) is 6.81. The van der Waals surface area contributed by atoms with E-state index >= 15 is 0 Å². The van der Waals surface area contributed by atoms with Crippen LogP contribution in [0.2, 0.25) is 0 Å². The van der Waals surface area contributed by atoms with Crippen LogP contribution in [0.1, 0.15) is 57.3 Å². The van der Waals surface area contributed by atoms with E-state index in [9.17, 15) is 19.2 Å². The number of thiophene rings is 1. The van der Waals surface area contributed by atoms with Crippen LogP contribution in [0.4, 0.5) is 10.7 Å². The molecule has 2 aromatic rings. The lowest BCUT2D eigenvalue weighted by Crippen LogP contribution is -2.62. The number of para-hydroxylation sites is 1. The summed E-state index contributed by atoms with van der Waals surface area (Å²) in [5.74, 6) is -1.15. The summed E-state index contributed by atoms with van der Waals surface area (Å²) in [6.07, 6.45) is 0.874. The van der Waals surface area contributed by atoms with Gasteiger partial charge in [0.1, 0.15) is 10.7 Å². The Labute approximate surface area is 184 Å². The number of hydrogen-bond acceptors (Lipinski definition) is 5. The molecular formula is C22H24N4O4S. The zero-order valence-electron chi connectivity index (χ0n) is 17.7. The quantitative estimate of drug-likeness (QED) is 0.744. The minimum absolute atomic E-state index is 0.0275. The van der Waals surface area contributed by atoms with Crippen LogP contribution >= 0.6 is 11.3 Å². The minimum Gasteiger partial charge on any atom is -0.365 e. The summed E-state index contributed by atoms with van der Waals surface area (Å²) in [5, 5.41) is 3.19. The topological polar surface area (TPSA) is 113 Å². The van der Waals surface area contributed by atoms with Crippen LogP contribution in [0, 0.1) is 13.8 Å². The number of nitrogens with one attached hydrogen (secondary N) is 1. The maximum Gasteiger partial charge on any atom is 0.257 e. The molecule has 1 fully saturated rings. The molecule has 8 nitrogen and oxygen atoms in total. The molecule has 1 unspecified atom stereocenters. The molecule has 9 heteroatoms. The number of hydrogen-bond donors (Lipinski definition) is 2. The van der Waals surface area contributed by atoms with E-state index in [2.05, 4.69) is 5.32 Å². The van der Waals surface area contributed by atoms with Crippen LogP contribution in [0.5, 0.6) is 0 Å². The number of amides is 4. The van der Waals surface area contributed by atoms with E-state index < -0.39 is 11.6 Å². The van der Waals surface area contributed by atoms with Crippen LogP contribution in [0.15, 0.2) is 24.3 Å². The summed E-state index contributed by atoms with van der Waals surface area (Å²) >= 11 is 1.30. The Morgan fingerprint density at radius 1 is 1.23 bits per heavy atom. The van der Waals surface area contributed by atoms with E-state index in [4.69, 9.17) is 5.73 Å². The molecule has 0 aliphatic carbocycles. The fourth-order valence-electron chi connectivity index (χ4n) is 4.46. The smallest absolute Gasteiger partial charge is 0.257 e. The van der Waals surface area contributed by atoms with Crippen molar-refractivity contribution in [1.29, 1.82) is 0 Å². The molecule has 1 atom stereocenters. The fourth-order valence-corrected chi connectivity index (χ4v) is 5.54. The first kappa shape index (κ1) is 21.0. The Morgan fingerprint density at radius 2 is 1.94 bits per heavy atom. The lowest BCUT2D eigenvalue weighted by atomic mass is 9.98. The molecule has 31 heavy (non-hydrogen) atoms. The summed E-state index contributed by atoms with van der Waals surface area (Å²) in [6.45, 7) is 5.66. The van der Waals surface area contributed by atoms with Gasteiger partial charge >= 0.3 is 0 Å². The van der Waals surface area contributed by atoms with Crippen molar-refractivity contribution in [2.45, 2.75) is 45.7 Å². The van der Waals surface area contributed by atoms with E-state index in [-0.39, 0.29) is 30.7 Å². The van der Waals surface area contributed by atoms with Gasteiger partial charge in [-0.1, -0.05) is 12.1 Å². The normalized spacial score (nSPS) is 20.0. The molecule has 4 rings (SSSR count). The van der Waals surface area contributed by atoms with Gasteiger partial charge in [-0.25, -0.2) is 0 Å². The van der Waals surface area contributed by atoms with Crippen molar-refractivity contribution in [2.24, 2.45) is 5.73 Å². The van der Waals surface area contributed by atoms with Gasteiger partial charge in [0.2, 0.25) is 11.8 Å². The number of anilines is 2. The van der Waals surface area contributed by atoms with E-state index in [1.165, 1.54) is 11.3 Å². The zero-order chi connectivity index (χ0) is 22.5. The Morgan fingerprint density at radius 3 is 2.65 bits per heavy atom. The van der Waals surface area contributed by atoms with Gasteiger partial charge in [-0.05, 0) is 44.9 Å². The number of fused-ring (bicyclic) bond motifs is 3. The van der Waals surface area contributed by atoms with E-state index in [0.717, 1.165) is 10.4 Å². The number of aryl methyl sites for hydroxylation is 1. The van der Waals surface area contributed by atoms with Gasteiger partial charge in [0.05, 0.1) is 16.8 Å². The van der Waals surface area contributed by atoms with Crippen LogP contribution < -0.4 is 16.0 Å². The zero-order valence-corrected chi connectivity index (χ0v) is 18.5. The highest BCUT2D eigenvalue weighted by atomic mass is 32.1. The number of rotatable bonds is 5. The van der Waals surface area contributed by atoms with Crippen molar-refractivity contribution in [3.8, 4) is 0 Å². The first-order valence-electron chi connectivity index (χ1n) is 10.1. The highest BCUT2D eigenvalue weighted by Crippen LogP contribution is 2.44. The second-order valence-corrected chi connectivity index (χ2v) is 9.29. The monoisotopic (exact) mass is 440 g/mol. The molecule has 162 valence electrons. The Bertz CT molecular complexity index is 1120. The van der Waals surface area contributed by atoms with Crippen LogP contribution in [0.3, 0.4) is 0 Å². The fraction of sp³-hybridized carbons (Fsp3) is 0.364. The maximum atomic E-state index is 13.2. The van der Waals surface area contributed by atoms with E-state index in [1.807, 2.05) is 19.9 Å². The number of nitrogens with two attached hydrogens (primary N) is 1. The summed E-state index contributed by atoms with van der Waals surface area (Å²) in [4.78, 5) is 54.5. The first-order chi connectivity index (χ1) is 14.6. The summed E-state index contributed by atoms with van der Waals surface area (Å²) in [7, 11) is 0. The second-order valence-electron chi connectivity index (χ2n) is 8.07. The van der Waals surface area contributed by atoms with Crippen molar-refractivity contribution in [3.05, 3.63) is 45.8 Å². The standard InChI is InChI=1S/C22H24N4O4S/c1-12-13(2)31-20(18(12)19(23)29)24-16(27)9-11-25-21(30)14-6-4-5-7-15(14)26-17(28)8-10-22(25,26)3/h4-7H,8-11H2,1-3H3,(H2,23,29)(H,24,27). The van der Waals surface area contributed by atoms with Crippen molar-refractivity contribution in [2.75, 3.05) is 16.8 Å². The average molecular weight is 441 g/mol. The molecule has 1 aromatic heterocycles. The minimum atomic E-state index is -0.808. The Hall–Kier alpha value is -3.20.